The van der Waals surface area contributed by atoms with Gasteiger partial charge in [0, 0.05) is 11.3 Å². The minimum absolute atomic E-state index is 0.0975. The van der Waals surface area contributed by atoms with E-state index in [4.69, 9.17) is 5.73 Å². The Kier molecular flexibility index (Phi) is 4.64. The number of nitrogens with two attached hydrogens (primary N) is 1. The van der Waals surface area contributed by atoms with Gasteiger partial charge in [0.15, 0.2) is 0 Å². The molecule has 0 radical (unpaired) electrons. The third-order valence-electron chi connectivity index (χ3n) is 2.65. The minimum Gasteiger partial charge on any atom is -0.322 e. The lowest BCUT2D eigenvalue weighted by atomic mass is 10.1. The molecule has 0 saturated carbocycles. The van der Waals surface area contributed by atoms with Crippen molar-refractivity contribution >= 4 is 11.6 Å². The number of halogens is 2. The average Bonchev–Trinajstić information content (AvgIpc) is 2.48. The Labute approximate surface area is 120 Å². The second kappa shape index (κ2) is 6.64. The average molecular weight is 286 g/mol. The quantitative estimate of drug-likeness (QED) is 0.834. The Hall–Kier alpha value is -2.71. The third-order valence-corrected chi connectivity index (χ3v) is 2.65. The summed E-state index contributed by atoms with van der Waals surface area (Å²) in [6, 6.07) is 8.99. The predicted molar refractivity (Wildman–Crippen MR) is 76.7 cm³/mol. The molecule has 2 aromatic carbocycles. The van der Waals surface area contributed by atoms with Crippen molar-refractivity contribution in [1.82, 2.24) is 0 Å². The Morgan fingerprint density at radius 2 is 1.76 bits per heavy atom. The molecular formula is C16H12F2N2O. The van der Waals surface area contributed by atoms with E-state index in [2.05, 4.69) is 17.2 Å². The molecule has 3 nitrogen and oxygen atoms in total. The number of carbonyl (C=O) groups excluding carboxylic acids is 1. The Morgan fingerprint density at radius 1 is 1.10 bits per heavy atom. The highest BCUT2D eigenvalue weighted by Gasteiger charge is 2.12. The summed E-state index contributed by atoms with van der Waals surface area (Å²) in [5, 5.41) is 2.56. The van der Waals surface area contributed by atoms with E-state index >= 15 is 0 Å². The van der Waals surface area contributed by atoms with Gasteiger partial charge in [-0.25, -0.2) is 8.78 Å². The second-order valence-corrected chi connectivity index (χ2v) is 4.16. The van der Waals surface area contributed by atoms with Crippen molar-refractivity contribution in [1.29, 1.82) is 0 Å². The first-order valence-corrected chi connectivity index (χ1v) is 6.15. The van der Waals surface area contributed by atoms with Crippen LogP contribution in [-0.2, 0) is 0 Å². The fraction of sp³-hybridized carbons (Fsp3) is 0.0625. The monoisotopic (exact) mass is 286 g/mol. The van der Waals surface area contributed by atoms with Gasteiger partial charge in [-0.15, -0.1) is 0 Å². The molecule has 0 heterocycles. The summed E-state index contributed by atoms with van der Waals surface area (Å²) in [4.78, 5) is 12.2. The van der Waals surface area contributed by atoms with Gasteiger partial charge < -0.3 is 11.1 Å². The van der Waals surface area contributed by atoms with Crippen molar-refractivity contribution < 1.29 is 13.6 Å². The highest BCUT2D eigenvalue weighted by molar-refractivity contribution is 6.06. The van der Waals surface area contributed by atoms with Crippen LogP contribution >= 0.6 is 0 Å². The number of benzene rings is 2. The van der Waals surface area contributed by atoms with E-state index in [9.17, 15) is 13.6 Å². The van der Waals surface area contributed by atoms with E-state index in [0.717, 1.165) is 6.07 Å². The van der Waals surface area contributed by atoms with Gasteiger partial charge in [0.05, 0.1) is 12.1 Å². The van der Waals surface area contributed by atoms with E-state index in [1.54, 1.807) is 0 Å². The molecule has 2 aromatic rings. The largest absolute Gasteiger partial charge is 0.322 e. The molecular weight excluding hydrogens is 274 g/mol. The summed E-state index contributed by atoms with van der Waals surface area (Å²) in [5.41, 5.74) is 6.17. The van der Waals surface area contributed by atoms with Gasteiger partial charge >= 0.3 is 0 Å². The van der Waals surface area contributed by atoms with Crippen molar-refractivity contribution in [3.05, 3.63) is 65.2 Å². The SMILES string of the molecule is NCC#Cc1ccc(F)cc1C(=O)Nc1ccc(F)cc1. The zero-order chi connectivity index (χ0) is 15.2. The molecule has 1 amide bonds. The van der Waals surface area contributed by atoms with Gasteiger partial charge in [-0.05, 0) is 42.5 Å². The first kappa shape index (κ1) is 14.7. The molecule has 0 aromatic heterocycles. The normalized spacial score (nSPS) is 9.67. The predicted octanol–water partition coefficient (Wildman–Crippen LogP) is 2.53. The first-order valence-electron chi connectivity index (χ1n) is 6.15. The van der Waals surface area contributed by atoms with Gasteiger partial charge in [-0.1, -0.05) is 11.8 Å². The molecule has 0 saturated heterocycles. The molecule has 2 rings (SSSR count). The molecule has 106 valence electrons. The van der Waals surface area contributed by atoms with Gasteiger partial charge in [0.2, 0.25) is 0 Å². The van der Waals surface area contributed by atoms with Crippen LogP contribution in [0.5, 0.6) is 0 Å². The molecule has 0 atom stereocenters. The fourth-order valence-corrected chi connectivity index (χ4v) is 1.69. The maximum absolute atomic E-state index is 13.3. The number of anilines is 1. The van der Waals surface area contributed by atoms with Crippen molar-refractivity contribution in [3.63, 3.8) is 0 Å². The summed E-state index contributed by atoms with van der Waals surface area (Å²) >= 11 is 0. The summed E-state index contributed by atoms with van der Waals surface area (Å²) in [5.74, 6) is 3.85. The number of rotatable bonds is 2. The molecule has 0 fully saturated rings. The molecule has 0 aliphatic carbocycles. The third kappa shape index (κ3) is 3.88. The van der Waals surface area contributed by atoms with E-state index in [-0.39, 0.29) is 12.1 Å². The standard InChI is InChI=1S/C16H12F2N2O/c17-12-5-7-14(8-6-12)20-16(21)15-10-13(18)4-3-11(15)2-1-9-19/h3-8,10H,9,19H2,(H,20,21). The maximum Gasteiger partial charge on any atom is 0.257 e. The van der Waals surface area contributed by atoms with Gasteiger partial charge in [0.25, 0.3) is 5.91 Å². The van der Waals surface area contributed by atoms with Crippen LogP contribution in [0.1, 0.15) is 15.9 Å². The molecule has 5 heteroatoms. The first-order chi connectivity index (χ1) is 10.1. The number of nitrogens with one attached hydrogen (secondary N) is 1. The highest BCUT2D eigenvalue weighted by Crippen LogP contribution is 2.14. The molecule has 3 N–H and O–H groups in total. The maximum atomic E-state index is 13.3. The van der Waals surface area contributed by atoms with Crippen molar-refractivity contribution in [2.24, 2.45) is 5.73 Å². The summed E-state index contributed by atoms with van der Waals surface area (Å²) < 4.78 is 26.1. The van der Waals surface area contributed by atoms with E-state index in [1.807, 2.05) is 0 Å². The van der Waals surface area contributed by atoms with Crippen LogP contribution in [0.3, 0.4) is 0 Å². The zero-order valence-electron chi connectivity index (χ0n) is 11.0. The topological polar surface area (TPSA) is 55.1 Å². The summed E-state index contributed by atoms with van der Waals surface area (Å²) in [7, 11) is 0. The van der Waals surface area contributed by atoms with Crippen LogP contribution in [-0.4, -0.2) is 12.5 Å². The fourth-order valence-electron chi connectivity index (χ4n) is 1.69. The van der Waals surface area contributed by atoms with Crippen LogP contribution in [0.25, 0.3) is 0 Å². The summed E-state index contributed by atoms with van der Waals surface area (Å²) in [6.07, 6.45) is 0. The number of carbonyl (C=O) groups is 1. The highest BCUT2D eigenvalue weighted by atomic mass is 19.1. The van der Waals surface area contributed by atoms with Crippen LogP contribution in [0, 0.1) is 23.5 Å². The molecule has 0 aliphatic rings. The number of hydrogen-bond donors (Lipinski definition) is 2. The number of amides is 1. The van der Waals surface area contributed by atoms with Crippen LogP contribution in [0.15, 0.2) is 42.5 Å². The lowest BCUT2D eigenvalue weighted by Gasteiger charge is -2.07. The second-order valence-electron chi connectivity index (χ2n) is 4.16. The van der Waals surface area contributed by atoms with Crippen molar-refractivity contribution in [3.8, 4) is 11.8 Å². The molecule has 0 bridgehead atoms. The molecule has 0 aliphatic heterocycles. The lowest BCUT2D eigenvalue weighted by molar-refractivity contribution is 0.102. The van der Waals surface area contributed by atoms with Crippen LogP contribution < -0.4 is 11.1 Å². The van der Waals surface area contributed by atoms with Gasteiger partial charge in [-0.2, -0.15) is 0 Å². The Bertz CT molecular complexity index is 715. The van der Waals surface area contributed by atoms with Crippen molar-refractivity contribution in [2.45, 2.75) is 0 Å². The van der Waals surface area contributed by atoms with E-state index < -0.39 is 17.5 Å². The lowest BCUT2D eigenvalue weighted by Crippen LogP contribution is -2.14. The van der Waals surface area contributed by atoms with Gasteiger partial charge in [0.1, 0.15) is 11.6 Å². The number of hydrogen-bond acceptors (Lipinski definition) is 2. The van der Waals surface area contributed by atoms with Crippen LogP contribution in [0.2, 0.25) is 0 Å². The summed E-state index contributed by atoms with van der Waals surface area (Å²) in [6.45, 7) is 0.135. The zero-order valence-corrected chi connectivity index (χ0v) is 11.0. The van der Waals surface area contributed by atoms with E-state index in [0.29, 0.717) is 11.3 Å². The smallest absolute Gasteiger partial charge is 0.257 e. The molecule has 0 unspecified atom stereocenters. The molecule has 0 spiro atoms. The Balaban J connectivity index is 2.29. The Morgan fingerprint density at radius 3 is 2.43 bits per heavy atom. The van der Waals surface area contributed by atoms with Crippen molar-refractivity contribution in [2.75, 3.05) is 11.9 Å². The van der Waals surface area contributed by atoms with Gasteiger partial charge in [-0.3, -0.25) is 4.79 Å². The minimum atomic E-state index is -0.544. The van der Waals surface area contributed by atoms with E-state index in [1.165, 1.54) is 36.4 Å². The molecule has 21 heavy (non-hydrogen) atoms. The van der Waals surface area contributed by atoms with Crippen LogP contribution in [0.4, 0.5) is 14.5 Å².